The van der Waals surface area contributed by atoms with Crippen molar-refractivity contribution in [2.45, 2.75) is 26.4 Å². The van der Waals surface area contributed by atoms with Gasteiger partial charge < -0.3 is 14.5 Å². The van der Waals surface area contributed by atoms with E-state index in [9.17, 15) is 4.79 Å². The average Bonchev–Trinajstić information content (AvgIpc) is 2.92. The van der Waals surface area contributed by atoms with E-state index < -0.39 is 0 Å². The Morgan fingerprint density at radius 2 is 2.26 bits per heavy atom. The number of aryl methyl sites for hydroxylation is 1. The highest BCUT2D eigenvalue weighted by atomic mass is 79.9. The van der Waals surface area contributed by atoms with Crippen LogP contribution in [-0.2, 0) is 13.6 Å². The van der Waals surface area contributed by atoms with E-state index in [-0.39, 0.29) is 11.9 Å². The zero-order chi connectivity index (χ0) is 14.0. The number of hydrogen-bond acceptors (Lipinski definition) is 2. The molecule has 1 amide bonds. The van der Waals surface area contributed by atoms with Crippen molar-refractivity contribution in [3.63, 3.8) is 0 Å². The first kappa shape index (κ1) is 13.9. The maximum atomic E-state index is 12.2. The highest BCUT2D eigenvalue weighted by Gasteiger charge is 2.15. The van der Waals surface area contributed by atoms with Gasteiger partial charge in [0.05, 0.1) is 6.54 Å². The lowest BCUT2D eigenvalue weighted by Gasteiger charge is -2.12. The molecule has 0 fully saturated rings. The van der Waals surface area contributed by atoms with Gasteiger partial charge in [-0.05, 0) is 35.8 Å². The molecule has 2 rings (SSSR count). The van der Waals surface area contributed by atoms with Crippen molar-refractivity contribution >= 4 is 21.8 Å². The molecule has 19 heavy (non-hydrogen) atoms. The average molecular weight is 325 g/mol. The summed E-state index contributed by atoms with van der Waals surface area (Å²) in [6.45, 7) is 4.51. The Kier molecular flexibility index (Phi) is 4.09. The molecule has 102 valence electrons. The van der Waals surface area contributed by atoms with Crippen molar-refractivity contribution in [1.29, 1.82) is 0 Å². The molecule has 6 heteroatoms. The molecule has 0 aromatic carbocycles. The molecule has 0 radical (unpaired) electrons. The standard InChI is InChI=1S/C13H17BrN4O/c1-9(2)18-8-10(14)6-11(18)13(19)16-7-12-15-4-5-17(12)3/h4-6,8-9H,7H2,1-3H3,(H,16,19). The summed E-state index contributed by atoms with van der Waals surface area (Å²) in [7, 11) is 1.90. The Hall–Kier alpha value is -1.56. The van der Waals surface area contributed by atoms with Crippen LogP contribution in [0.15, 0.2) is 29.1 Å². The van der Waals surface area contributed by atoms with E-state index in [4.69, 9.17) is 0 Å². The number of carbonyl (C=O) groups is 1. The molecule has 2 heterocycles. The Balaban J connectivity index is 2.10. The second-order valence-electron chi connectivity index (χ2n) is 4.68. The fraction of sp³-hybridized carbons (Fsp3) is 0.385. The summed E-state index contributed by atoms with van der Waals surface area (Å²) in [5.74, 6) is 0.734. The summed E-state index contributed by atoms with van der Waals surface area (Å²) in [5.41, 5.74) is 0.649. The molecule has 0 saturated heterocycles. The third kappa shape index (κ3) is 3.07. The number of amides is 1. The van der Waals surface area contributed by atoms with Gasteiger partial charge in [-0.3, -0.25) is 4.79 Å². The first-order chi connectivity index (χ1) is 8.99. The summed E-state index contributed by atoms with van der Waals surface area (Å²) in [6.07, 6.45) is 5.49. The van der Waals surface area contributed by atoms with E-state index in [0.717, 1.165) is 10.3 Å². The molecule has 0 unspecified atom stereocenters. The van der Waals surface area contributed by atoms with Crippen LogP contribution in [0.5, 0.6) is 0 Å². The molecule has 0 aliphatic rings. The lowest BCUT2D eigenvalue weighted by Crippen LogP contribution is -2.27. The van der Waals surface area contributed by atoms with E-state index in [1.165, 1.54) is 0 Å². The Morgan fingerprint density at radius 1 is 1.53 bits per heavy atom. The summed E-state index contributed by atoms with van der Waals surface area (Å²) < 4.78 is 4.73. The topological polar surface area (TPSA) is 51.9 Å². The number of aromatic nitrogens is 3. The van der Waals surface area contributed by atoms with Crippen LogP contribution in [0, 0.1) is 0 Å². The fourth-order valence-corrected chi connectivity index (χ4v) is 2.31. The van der Waals surface area contributed by atoms with Crippen molar-refractivity contribution in [2.24, 2.45) is 7.05 Å². The van der Waals surface area contributed by atoms with Crippen LogP contribution in [0.1, 0.15) is 36.2 Å². The van der Waals surface area contributed by atoms with E-state index in [0.29, 0.717) is 12.2 Å². The van der Waals surface area contributed by atoms with Crippen LogP contribution in [-0.4, -0.2) is 20.0 Å². The second-order valence-corrected chi connectivity index (χ2v) is 5.60. The third-order valence-electron chi connectivity index (χ3n) is 2.93. The second kappa shape index (κ2) is 5.61. The minimum absolute atomic E-state index is 0.0950. The monoisotopic (exact) mass is 324 g/mol. The van der Waals surface area contributed by atoms with E-state index >= 15 is 0 Å². The number of nitrogens with one attached hydrogen (secondary N) is 1. The molecule has 0 spiro atoms. The fourth-order valence-electron chi connectivity index (χ4n) is 1.87. The highest BCUT2D eigenvalue weighted by Crippen LogP contribution is 2.19. The van der Waals surface area contributed by atoms with Crippen LogP contribution >= 0.6 is 15.9 Å². The van der Waals surface area contributed by atoms with Crippen molar-refractivity contribution in [2.75, 3.05) is 0 Å². The van der Waals surface area contributed by atoms with E-state index in [2.05, 4.69) is 26.2 Å². The first-order valence-electron chi connectivity index (χ1n) is 6.11. The molecular weight excluding hydrogens is 308 g/mol. The number of halogens is 1. The summed E-state index contributed by atoms with van der Waals surface area (Å²) in [4.78, 5) is 16.4. The molecule has 0 aliphatic carbocycles. The van der Waals surface area contributed by atoms with Gasteiger partial charge in [-0.15, -0.1) is 0 Å². The van der Waals surface area contributed by atoms with Gasteiger partial charge >= 0.3 is 0 Å². The Bertz CT molecular complexity index is 585. The maximum Gasteiger partial charge on any atom is 0.268 e. The molecular formula is C13H17BrN4O. The van der Waals surface area contributed by atoms with E-state index in [1.807, 2.05) is 48.5 Å². The number of nitrogens with zero attached hydrogens (tertiary/aromatic N) is 3. The Labute approximate surface area is 120 Å². The molecule has 2 aromatic rings. The molecule has 0 atom stereocenters. The lowest BCUT2D eigenvalue weighted by molar-refractivity contribution is 0.0939. The van der Waals surface area contributed by atoms with Gasteiger partial charge in [0, 0.05) is 36.2 Å². The minimum atomic E-state index is -0.0950. The van der Waals surface area contributed by atoms with Crippen LogP contribution in [0.3, 0.4) is 0 Å². The molecule has 0 saturated carbocycles. The van der Waals surface area contributed by atoms with Gasteiger partial charge in [0.25, 0.3) is 5.91 Å². The van der Waals surface area contributed by atoms with Crippen LogP contribution < -0.4 is 5.32 Å². The zero-order valence-electron chi connectivity index (χ0n) is 11.2. The van der Waals surface area contributed by atoms with Crippen molar-refractivity contribution in [3.05, 3.63) is 40.6 Å². The predicted octanol–water partition coefficient (Wildman–Crippen LogP) is 2.50. The maximum absolute atomic E-state index is 12.2. The smallest absolute Gasteiger partial charge is 0.268 e. The van der Waals surface area contributed by atoms with Gasteiger partial charge in [0.1, 0.15) is 11.5 Å². The highest BCUT2D eigenvalue weighted by molar-refractivity contribution is 9.10. The van der Waals surface area contributed by atoms with Crippen LogP contribution in [0.25, 0.3) is 0 Å². The summed E-state index contributed by atoms with van der Waals surface area (Å²) >= 11 is 3.40. The number of imidazole rings is 1. The van der Waals surface area contributed by atoms with Crippen molar-refractivity contribution in [1.82, 2.24) is 19.4 Å². The molecule has 0 aliphatic heterocycles. The number of hydrogen-bond donors (Lipinski definition) is 1. The van der Waals surface area contributed by atoms with Gasteiger partial charge in [0.15, 0.2) is 0 Å². The van der Waals surface area contributed by atoms with Crippen LogP contribution in [0.2, 0.25) is 0 Å². The Morgan fingerprint density at radius 3 is 2.84 bits per heavy atom. The van der Waals surface area contributed by atoms with Gasteiger partial charge in [-0.1, -0.05) is 0 Å². The predicted molar refractivity (Wildman–Crippen MR) is 76.9 cm³/mol. The SMILES string of the molecule is CC(C)n1cc(Br)cc1C(=O)NCc1nccn1C. The first-order valence-corrected chi connectivity index (χ1v) is 6.90. The molecule has 1 N–H and O–H groups in total. The third-order valence-corrected chi connectivity index (χ3v) is 3.37. The number of carbonyl (C=O) groups excluding carboxylic acids is 1. The quantitative estimate of drug-likeness (QED) is 0.939. The molecule has 5 nitrogen and oxygen atoms in total. The summed E-state index contributed by atoms with van der Waals surface area (Å²) in [6, 6.07) is 2.06. The summed E-state index contributed by atoms with van der Waals surface area (Å²) in [5, 5.41) is 2.89. The largest absolute Gasteiger partial charge is 0.344 e. The van der Waals surface area contributed by atoms with Gasteiger partial charge in [-0.25, -0.2) is 4.98 Å². The lowest BCUT2D eigenvalue weighted by atomic mass is 10.3. The zero-order valence-corrected chi connectivity index (χ0v) is 12.8. The molecule has 0 bridgehead atoms. The minimum Gasteiger partial charge on any atom is -0.344 e. The number of rotatable bonds is 4. The normalized spacial score (nSPS) is 11.0. The van der Waals surface area contributed by atoms with Crippen molar-refractivity contribution in [3.8, 4) is 0 Å². The van der Waals surface area contributed by atoms with Gasteiger partial charge in [-0.2, -0.15) is 0 Å². The van der Waals surface area contributed by atoms with Crippen molar-refractivity contribution < 1.29 is 4.79 Å². The van der Waals surface area contributed by atoms with Crippen LogP contribution in [0.4, 0.5) is 0 Å². The molecule has 2 aromatic heterocycles. The van der Waals surface area contributed by atoms with Gasteiger partial charge in [0.2, 0.25) is 0 Å². The van der Waals surface area contributed by atoms with E-state index in [1.54, 1.807) is 6.20 Å².